The first-order valence-electron chi connectivity index (χ1n) is 8.75. The van der Waals surface area contributed by atoms with E-state index in [0.29, 0.717) is 24.3 Å². The van der Waals surface area contributed by atoms with Gasteiger partial charge >= 0.3 is 5.97 Å². The van der Waals surface area contributed by atoms with Crippen molar-refractivity contribution in [2.45, 2.75) is 45.3 Å². The van der Waals surface area contributed by atoms with Crippen LogP contribution in [0.1, 0.15) is 43.5 Å². The first kappa shape index (κ1) is 20.2. The lowest BCUT2D eigenvalue weighted by atomic mass is 10.2. The number of carbonyl (C=O) groups excluding carboxylic acids is 2. The van der Waals surface area contributed by atoms with E-state index in [1.165, 1.54) is 0 Å². The van der Waals surface area contributed by atoms with Crippen LogP contribution < -0.4 is 10.1 Å². The molecular formula is C18H25NO6S. The molecule has 0 bridgehead atoms. The number of esters is 1. The summed E-state index contributed by atoms with van der Waals surface area (Å²) < 4.78 is 33.5. The van der Waals surface area contributed by atoms with Crippen molar-refractivity contribution < 1.29 is 27.5 Å². The molecule has 144 valence electrons. The second-order valence-corrected chi connectivity index (χ2v) is 8.61. The molecule has 0 unspecified atom stereocenters. The summed E-state index contributed by atoms with van der Waals surface area (Å²) in [7, 11) is -3.05. The molecule has 26 heavy (non-hydrogen) atoms. The highest BCUT2D eigenvalue weighted by atomic mass is 32.2. The van der Waals surface area contributed by atoms with Crippen molar-refractivity contribution in [1.29, 1.82) is 0 Å². The molecule has 8 heteroatoms. The van der Waals surface area contributed by atoms with Crippen LogP contribution >= 0.6 is 0 Å². The van der Waals surface area contributed by atoms with E-state index >= 15 is 0 Å². The summed E-state index contributed by atoms with van der Waals surface area (Å²) in [4.78, 5) is 24.0. The Morgan fingerprint density at radius 2 is 1.96 bits per heavy atom. The van der Waals surface area contributed by atoms with Crippen molar-refractivity contribution in [1.82, 2.24) is 5.32 Å². The van der Waals surface area contributed by atoms with E-state index in [9.17, 15) is 18.0 Å². The smallest absolute Gasteiger partial charge is 0.338 e. The fourth-order valence-corrected chi connectivity index (χ4v) is 4.22. The third-order valence-electron chi connectivity index (χ3n) is 4.08. The summed E-state index contributed by atoms with van der Waals surface area (Å²) >= 11 is 0. The maximum absolute atomic E-state index is 12.1. The Kier molecular flexibility index (Phi) is 7.02. The molecule has 0 spiro atoms. The minimum atomic E-state index is -3.05. The van der Waals surface area contributed by atoms with E-state index in [1.54, 1.807) is 31.2 Å². The first-order valence-corrected chi connectivity index (χ1v) is 10.6. The maximum atomic E-state index is 12.1. The van der Waals surface area contributed by atoms with Gasteiger partial charge in [0.05, 0.1) is 23.7 Å². The molecule has 1 amide bonds. The molecule has 1 aliphatic heterocycles. The zero-order valence-electron chi connectivity index (χ0n) is 15.1. The summed E-state index contributed by atoms with van der Waals surface area (Å²) in [6, 6.07) is 5.99. The molecule has 1 saturated heterocycles. The van der Waals surface area contributed by atoms with Gasteiger partial charge in [-0.05, 0) is 44.0 Å². The van der Waals surface area contributed by atoms with Crippen molar-refractivity contribution in [3.63, 3.8) is 0 Å². The molecule has 0 radical (unpaired) electrons. The van der Waals surface area contributed by atoms with Gasteiger partial charge in [0.15, 0.2) is 15.9 Å². The van der Waals surface area contributed by atoms with E-state index in [0.717, 1.165) is 12.8 Å². The SMILES string of the molecule is CCCCOC(=O)c1ccc(O[C@H](C)C(=O)N[C@@H]2CCS(=O)(=O)C2)cc1. The van der Waals surface area contributed by atoms with Gasteiger partial charge in [0.25, 0.3) is 5.91 Å². The average Bonchev–Trinajstić information content (AvgIpc) is 2.94. The van der Waals surface area contributed by atoms with Gasteiger partial charge in [0.1, 0.15) is 5.75 Å². The third kappa shape index (κ3) is 6.01. The summed E-state index contributed by atoms with van der Waals surface area (Å²) in [5.74, 6) is -0.242. The maximum Gasteiger partial charge on any atom is 0.338 e. The molecule has 0 aliphatic carbocycles. The molecule has 1 aromatic carbocycles. The van der Waals surface area contributed by atoms with Gasteiger partial charge in [-0.3, -0.25) is 4.79 Å². The highest BCUT2D eigenvalue weighted by Gasteiger charge is 2.30. The summed E-state index contributed by atoms with van der Waals surface area (Å²) in [5, 5.41) is 2.70. The second-order valence-electron chi connectivity index (χ2n) is 6.38. The summed E-state index contributed by atoms with van der Waals surface area (Å²) in [6.07, 6.45) is 1.42. The number of rotatable bonds is 8. The van der Waals surface area contributed by atoms with E-state index in [2.05, 4.69) is 5.32 Å². The van der Waals surface area contributed by atoms with Crippen LogP contribution in [-0.2, 0) is 19.4 Å². The molecular weight excluding hydrogens is 358 g/mol. The van der Waals surface area contributed by atoms with Crippen molar-refractivity contribution in [2.24, 2.45) is 0 Å². The third-order valence-corrected chi connectivity index (χ3v) is 5.85. The number of carbonyl (C=O) groups is 2. The van der Waals surface area contributed by atoms with Crippen LogP contribution in [0.5, 0.6) is 5.75 Å². The van der Waals surface area contributed by atoms with E-state index in [4.69, 9.17) is 9.47 Å². The Morgan fingerprint density at radius 1 is 1.27 bits per heavy atom. The Hall–Kier alpha value is -2.09. The molecule has 2 atom stereocenters. The second kappa shape index (κ2) is 9.02. The van der Waals surface area contributed by atoms with Crippen molar-refractivity contribution >= 4 is 21.7 Å². The lowest BCUT2D eigenvalue weighted by Gasteiger charge is -2.17. The summed E-state index contributed by atoms with van der Waals surface area (Å²) in [6.45, 7) is 4.00. The number of hydrogen-bond donors (Lipinski definition) is 1. The Bertz CT molecular complexity index is 729. The number of ether oxygens (including phenoxy) is 2. The van der Waals surface area contributed by atoms with Crippen molar-refractivity contribution in [2.75, 3.05) is 18.1 Å². The molecule has 1 aromatic rings. The molecule has 1 aliphatic rings. The fourth-order valence-electron chi connectivity index (χ4n) is 2.55. The van der Waals surface area contributed by atoms with Gasteiger partial charge in [-0.2, -0.15) is 0 Å². The minimum absolute atomic E-state index is 0.0275. The van der Waals surface area contributed by atoms with Crippen LogP contribution in [-0.4, -0.2) is 50.6 Å². The fraction of sp³-hybridized carbons (Fsp3) is 0.556. The quantitative estimate of drug-likeness (QED) is 0.542. The number of unbranched alkanes of at least 4 members (excludes halogenated alkanes) is 1. The normalized spacial score (nSPS) is 19.5. The van der Waals surface area contributed by atoms with Gasteiger partial charge in [0.2, 0.25) is 0 Å². The molecule has 2 rings (SSSR count). The standard InChI is InChI=1S/C18H25NO6S/c1-3-4-10-24-18(21)14-5-7-16(8-6-14)25-13(2)17(20)19-15-9-11-26(22,23)12-15/h5-8,13,15H,3-4,9-12H2,1-2H3,(H,19,20)/t13-,15-/m1/s1. The molecule has 1 heterocycles. The molecule has 0 aromatic heterocycles. The van der Waals surface area contributed by atoms with Crippen LogP contribution in [0.25, 0.3) is 0 Å². The minimum Gasteiger partial charge on any atom is -0.481 e. The molecule has 1 N–H and O–H groups in total. The van der Waals surface area contributed by atoms with Gasteiger partial charge < -0.3 is 14.8 Å². The lowest BCUT2D eigenvalue weighted by molar-refractivity contribution is -0.127. The average molecular weight is 383 g/mol. The Morgan fingerprint density at radius 3 is 2.54 bits per heavy atom. The highest BCUT2D eigenvalue weighted by Crippen LogP contribution is 2.16. The number of sulfone groups is 1. The van der Waals surface area contributed by atoms with Gasteiger partial charge in [-0.1, -0.05) is 13.3 Å². The number of nitrogens with one attached hydrogen (secondary N) is 1. The predicted molar refractivity (Wildman–Crippen MR) is 96.9 cm³/mol. The van der Waals surface area contributed by atoms with Gasteiger partial charge in [-0.25, -0.2) is 13.2 Å². The van der Waals surface area contributed by atoms with E-state index in [1.807, 2.05) is 6.92 Å². The largest absolute Gasteiger partial charge is 0.481 e. The Balaban J connectivity index is 1.83. The van der Waals surface area contributed by atoms with Crippen LogP contribution in [0.3, 0.4) is 0 Å². The van der Waals surface area contributed by atoms with Crippen LogP contribution in [0, 0.1) is 0 Å². The lowest BCUT2D eigenvalue weighted by Crippen LogP contribution is -2.43. The van der Waals surface area contributed by atoms with Crippen LogP contribution in [0.2, 0.25) is 0 Å². The van der Waals surface area contributed by atoms with E-state index in [-0.39, 0.29) is 23.5 Å². The summed E-state index contributed by atoms with van der Waals surface area (Å²) in [5.41, 5.74) is 0.418. The van der Waals surface area contributed by atoms with Gasteiger partial charge in [-0.15, -0.1) is 0 Å². The number of hydrogen-bond acceptors (Lipinski definition) is 6. The molecule has 7 nitrogen and oxygen atoms in total. The highest BCUT2D eigenvalue weighted by molar-refractivity contribution is 7.91. The van der Waals surface area contributed by atoms with Gasteiger partial charge in [0, 0.05) is 6.04 Å². The predicted octanol–water partition coefficient (Wildman–Crippen LogP) is 1.71. The van der Waals surface area contributed by atoms with Crippen molar-refractivity contribution in [3.8, 4) is 5.75 Å². The van der Waals surface area contributed by atoms with Crippen molar-refractivity contribution in [3.05, 3.63) is 29.8 Å². The van der Waals surface area contributed by atoms with E-state index < -0.39 is 21.9 Å². The zero-order chi connectivity index (χ0) is 19.2. The molecule has 1 fully saturated rings. The Labute approximate surface area is 154 Å². The number of benzene rings is 1. The van der Waals surface area contributed by atoms with Crippen LogP contribution in [0.4, 0.5) is 0 Å². The zero-order valence-corrected chi connectivity index (χ0v) is 15.9. The monoisotopic (exact) mass is 383 g/mol. The topological polar surface area (TPSA) is 98.8 Å². The molecule has 0 saturated carbocycles. The number of amides is 1. The van der Waals surface area contributed by atoms with Crippen LogP contribution in [0.15, 0.2) is 24.3 Å². The first-order chi connectivity index (χ1) is 12.3.